The highest BCUT2D eigenvalue weighted by Crippen LogP contribution is 2.38. The first-order valence-corrected chi connectivity index (χ1v) is 10.9. The van der Waals surface area contributed by atoms with Crippen LogP contribution in [0.25, 0.3) is 5.57 Å². The van der Waals surface area contributed by atoms with Crippen LogP contribution in [0.3, 0.4) is 0 Å². The average molecular weight is 456 g/mol. The van der Waals surface area contributed by atoms with Crippen LogP contribution in [0, 0.1) is 0 Å². The summed E-state index contributed by atoms with van der Waals surface area (Å²) in [5.74, 6) is 0.273. The summed E-state index contributed by atoms with van der Waals surface area (Å²) in [6, 6.07) is 12.0. The number of imide groups is 1. The van der Waals surface area contributed by atoms with Crippen LogP contribution in [0.1, 0.15) is 12.5 Å². The fraction of sp³-hybridized carbons (Fsp3) is 0.333. The highest BCUT2D eigenvalue weighted by atomic mass is 35.5. The third-order valence-corrected chi connectivity index (χ3v) is 6.21. The molecule has 32 heavy (non-hydrogen) atoms. The summed E-state index contributed by atoms with van der Waals surface area (Å²) in [5.41, 5.74) is 1.93. The molecule has 4 rings (SSSR count). The van der Waals surface area contributed by atoms with Gasteiger partial charge in [-0.1, -0.05) is 30.7 Å². The predicted molar refractivity (Wildman–Crippen MR) is 124 cm³/mol. The van der Waals surface area contributed by atoms with Gasteiger partial charge in [-0.25, -0.2) is 4.90 Å². The number of nitrogens with zero attached hydrogens (tertiary/aromatic N) is 3. The lowest BCUT2D eigenvalue weighted by molar-refractivity contribution is -0.120. The molecule has 2 aliphatic heterocycles. The topological polar surface area (TPSA) is 62.3 Å². The average Bonchev–Trinajstić information content (AvgIpc) is 3.09. The summed E-state index contributed by atoms with van der Waals surface area (Å²) in [5, 5.41) is 0.570. The van der Waals surface area contributed by atoms with Crippen LogP contribution in [-0.4, -0.2) is 68.6 Å². The highest BCUT2D eigenvalue weighted by Gasteiger charge is 2.43. The molecule has 0 bridgehead atoms. The zero-order chi connectivity index (χ0) is 22.8. The first-order chi connectivity index (χ1) is 15.5. The van der Waals surface area contributed by atoms with Gasteiger partial charge in [0.2, 0.25) is 0 Å². The number of carbonyl (C=O) groups excluding carboxylic acids is 2. The molecule has 2 aromatic rings. The Hall–Kier alpha value is -3.03. The second-order valence-electron chi connectivity index (χ2n) is 7.64. The lowest BCUT2D eigenvalue weighted by Gasteiger charge is -2.36. The second kappa shape index (κ2) is 9.22. The number of ether oxygens (including phenoxy) is 2. The van der Waals surface area contributed by atoms with Crippen LogP contribution >= 0.6 is 11.6 Å². The van der Waals surface area contributed by atoms with Gasteiger partial charge in [0.25, 0.3) is 11.8 Å². The molecule has 2 aliphatic rings. The third kappa shape index (κ3) is 3.94. The van der Waals surface area contributed by atoms with Crippen molar-refractivity contribution >= 4 is 34.7 Å². The maximum Gasteiger partial charge on any atom is 0.282 e. The zero-order valence-electron chi connectivity index (χ0n) is 18.4. The van der Waals surface area contributed by atoms with E-state index < -0.39 is 0 Å². The number of hydrogen-bond acceptors (Lipinski definition) is 6. The molecular formula is C24H26ClN3O4. The van der Waals surface area contributed by atoms with Crippen LogP contribution < -0.4 is 14.4 Å². The van der Waals surface area contributed by atoms with E-state index in [1.165, 1.54) is 19.1 Å². The molecule has 1 fully saturated rings. The van der Waals surface area contributed by atoms with E-state index in [4.69, 9.17) is 21.1 Å². The monoisotopic (exact) mass is 455 g/mol. The lowest BCUT2D eigenvalue weighted by Crippen LogP contribution is -2.47. The highest BCUT2D eigenvalue weighted by molar-refractivity contribution is 6.45. The Morgan fingerprint density at radius 1 is 0.875 bits per heavy atom. The molecule has 168 valence electrons. The molecule has 0 N–H and O–H groups in total. The van der Waals surface area contributed by atoms with Gasteiger partial charge in [0, 0.05) is 37.3 Å². The van der Waals surface area contributed by atoms with E-state index in [9.17, 15) is 9.59 Å². The number of rotatable bonds is 6. The van der Waals surface area contributed by atoms with E-state index in [2.05, 4.69) is 11.8 Å². The van der Waals surface area contributed by atoms with E-state index in [-0.39, 0.29) is 11.8 Å². The summed E-state index contributed by atoms with van der Waals surface area (Å²) in [6.07, 6.45) is 0. The number of halogens is 1. The normalized spacial score (nSPS) is 17.4. The molecule has 1 saturated heterocycles. The van der Waals surface area contributed by atoms with Gasteiger partial charge in [-0.2, -0.15) is 0 Å². The molecule has 0 spiro atoms. The first kappa shape index (κ1) is 22.2. The van der Waals surface area contributed by atoms with Crippen LogP contribution in [0.4, 0.5) is 5.69 Å². The van der Waals surface area contributed by atoms with Gasteiger partial charge < -0.3 is 19.3 Å². The van der Waals surface area contributed by atoms with Crippen molar-refractivity contribution in [3.05, 3.63) is 58.7 Å². The predicted octanol–water partition coefficient (Wildman–Crippen LogP) is 3.28. The van der Waals surface area contributed by atoms with E-state index in [1.54, 1.807) is 42.5 Å². The minimum Gasteiger partial charge on any atom is -0.493 e. The Kier molecular flexibility index (Phi) is 6.39. The van der Waals surface area contributed by atoms with E-state index in [0.29, 0.717) is 52.1 Å². The molecular weight excluding hydrogens is 430 g/mol. The van der Waals surface area contributed by atoms with Crippen molar-refractivity contribution in [1.29, 1.82) is 0 Å². The first-order valence-electron chi connectivity index (χ1n) is 10.6. The number of benzene rings is 2. The van der Waals surface area contributed by atoms with Gasteiger partial charge in [-0.15, -0.1) is 0 Å². The number of anilines is 1. The fourth-order valence-corrected chi connectivity index (χ4v) is 4.30. The maximum atomic E-state index is 13.7. The van der Waals surface area contributed by atoms with Gasteiger partial charge in [0.1, 0.15) is 5.70 Å². The van der Waals surface area contributed by atoms with Crippen LogP contribution in [0.15, 0.2) is 48.2 Å². The fourth-order valence-electron chi connectivity index (χ4n) is 4.17. The third-order valence-electron chi connectivity index (χ3n) is 5.95. The van der Waals surface area contributed by atoms with E-state index in [1.807, 2.05) is 4.90 Å². The summed E-state index contributed by atoms with van der Waals surface area (Å²) >= 11 is 6.07. The number of likely N-dealkylation sites (N-methyl/N-ethyl adjacent to an activating group) is 1. The van der Waals surface area contributed by atoms with E-state index in [0.717, 1.165) is 19.6 Å². The molecule has 0 unspecified atom stereocenters. The van der Waals surface area contributed by atoms with Gasteiger partial charge in [-0.05, 0) is 36.4 Å². The van der Waals surface area contributed by atoms with Crippen molar-refractivity contribution in [3.8, 4) is 11.5 Å². The Labute approximate surface area is 192 Å². The van der Waals surface area contributed by atoms with Gasteiger partial charge >= 0.3 is 0 Å². The molecule has 0 atom stereocenters. The van der Waals surface area contributed by atoms with Crippen molar-refractivity contribution in [2.45, 2.75) is 6.92 Å². The zero-order valence-corrected chi connectivity index (χ0v) is 19.2. The minimum atomic E-state index is -0.363. The molecule has 0 saturated carbocycles. The maximum absolute atomic E-state index is 13.7. The number of hydrogen-bond donors (Lipinski definition) is 0. The van der Waals surface area contributed by atoms with Crippen molar-refractivity contribution in [1.82, 2.24) is 9.80 Å². The molecule has 0 aromatic heterocycles. The summed E-state index contributed by atoms with van der Waals surface area (Å²) in [4.78, 5) is 32.9. The molecule has 8 heteroatoms. The molecule has 2 aromatic carbocycles. The molecule has 0 radical (unpaired) electrons. The van der Waals surface area contributed by atoms with Crippen molar-refractivity contribution < 1.29 is 19.1 Å². The standard InChI is InChI=1S/C24H26ClN3O4/c1-4-26-11-13-27(14-12-26)22-21(16-5-7-17(25)8-6-16)23(29)28(24(22)30)18-9-10-19(31-2)20(15-18)32-3/h5-10,15H,4,11-14H2,1-3H3. The Balaban J connectivity index is 1.77. The number of methoxy groups -OCH3 is 2. The van der Waals surface area contributed by atoms with Gasteiger partial charge in [-0.3, -0.25) is 9.59 Å². The number of amides is 2. The smallest absolute Gasteiger partial charge is 0.282 e. The molecule has 2 amide bonds. The lowest BCUT2D eigenvalue weighted by atomic mass is 10.0. The number of carbonyl (C=O) groups is 2. The van der Waals surface area contributed by atoms with Crippen LogP contribution in [0.5, 0.6) is 11.5 Å². The molecule has 2 heterocycles. The molecule has 7 nitrogen and oxygen atoms in total. The quantitative estimate of drug-likeness (QED) is 0.623. The Morgan fingerprint density at radius 3 is 2.12 bits per heavy atom. The second-order valence-corrected chi connectivity index (χ2v) is 8.07. The Morgan fingerprint density at radius 2 is 1.53 bits per heavy atom. The minimum absolute atomic E-state index is 0.336. The van der Waals surface area contributed by atoms with Crippen molar-refractivity contribution in [2.75, 3.05) is 51.8 Å². The summed E-state index contributed by atoms with van der Waals surface area (Å²) in [6.45, 7) is 6.12. The van der Waals surface area contributed by atoms with Gasteiger partial charge in [0.15, 0.2) is 11.5 Å². The van der Waals surface area contributed by atoms with E-state index >= 15 is 0 Å². The van der Waals surface area contributed by atoms with Crippen molar-refractivity contribution in [3.63, 3.8) is 0 Å². The van der Waals surface area contributed by atoms with Crippen LogP contribution in [-0.2, 0) is 9.59 Å². The Bertz CT molecular complexity index is 1060. The SMILES string of the molecule is CCN1CCN(C2=C(c3ccc(Cl)cc3)C(=O)N(c3ccc(OC)c(OC)c3)C2=O)CC1. The van der Waals surface area contributed by atoms with Gasteiger partial charge in [0.05, 0.1) is 25.5 Å². The number of piperazine rings is 1. The molecule has 0 aliphatic carbocycles. The largest absolute Gasteiger partial charge is 0.493 e. The summed E-state index contributed by atoms with van der Waals surface area (Å²) < 4.78 is 10.7. The summed E-state index contributed by atoms with van der Waals surface area (Å²) in [7, 11) is 3.06. The van der Waals surface area contributed by atoms with Crippen LogP contribution in [0.2, 0.25) is 5.02 Å². The van der Waals surface area contributed by atoms with Crippen molar-refractivity contribution in [2.24, 2.45) is 0 Å².